The normalized spacial score (nSPS) is 10.2. The number of hydrogen-bond donors (Lipinski definition) is 2. The number of anilines is 2. The summed E-state index contributed by atoms with van der Waals surface area (Å²) < 4.78 is 0. The van der Waals surface area contributed by atoms with Crippen LogP contribution in [0.25, 0.3) is 0 Å². The van der Waals surface area contributed by atoms with Crippen molar-refractivity contribution in [3.63, 3.8) is 0 Å². The van der Waals surface area contributed by atoms with E-state index in [1.165, 1.54) is 11.1 Å². The van der Waals surface area contributed by atoms with Crippen molar-refractivity contribution in [1.29, 1.82) is 0 Å². The van der Waals surface area contributed by atoms with Crippen molar-refractivity contribution >= 4 is 11.5 Å². The van der Waals surface area contributed by atoms with Crippen molar-refractivity contribution in [3.8, 4) is 0 Å². The summed E-state index contributed by atoms with van der Waals surface area (Å²) in [5.74, 6) is 0.749. The van der Waals surface area contributed by atoms with E-state index in [4.69, 9.17) is 5.73 Å². The Hall–Kier alpha value is -2.03. The lowest BCUT2D eigenvalue weighted by atomic mass is 10.1. The van der Waals surface area contributed by atoms with Crippen LogP contribution in [0.5, 0.6) is 0 Å². The first-order valence-electron chi connectivity index (χ1n) is 5.82. The largest absolute Gasteiger partial charge is 0.396 e. The van der Waals surface area contributed by atoms with Gasteiger partial charge in [0.2, 0.25) is 0 Å². The first-order valence-corrected chi connectivity index (χ1v) is 5.82. The Morgan fingerprint density at radius 2 is 1.88 bits per heavy atom. The zero-order valence-electron chi connectivity index (χ0n) is 9.98. The molecule has 0 bridgehead atoms. The second-order valence-corrected chi connectivity index (χ2v) is 3.92. The summed E-state index contributed by atoms with van der Waals surface area (Å²) in [5.41, 5.74) is 9.16. The summed E-state index contributed by atoms with van der Waals surface area (Å²) in [7, 11) is 0. The molecule has 0 amide bonds. The quantitative estimate of drug-likeness (QED) is 0.844. The van der Waals surface area contributed by atoms with Crippen LogP contribution < -0.4 is 11.1 Å². The highest BCUT2D eigenvalue weighted by Crippen LogP contribution is 2.16. The Kier molecular flexibility index (Phi) is 3.60. The van der Waals surface area contributed by atoms with Crippen LogP contribution in [0, 0.1) is 0 Å². The predicted octanol–water partition coefficient (Wildman–Crippen LogP) is 2.84. The predicted molar refractivity (Wildman–Crippen MR) is 71.8 cm³/mol. The topological polar surface area (TPSA) is 50.9 Å². The Morgan fingerprint density at radius 3 is 2.59 bits per heavy atom. The highest BCUT2D eigenvalue weighted by Gasteiger charge is 2.02. The number of rotatable bonds is 4. The number of hydrogen-bond acceptors (Lipinski definition) is 3. The maximum Gasteiger partial charge on any atom is 0.149 e. The maximum atomic E-state index is 5.83. The third-order valence-corrected chi connectivity index (χ3v) is 2.78. The van der Waals surface area contributed by atoms with Gasteiger partial charge >= 0.3 is 0 Å². The molecule has 1 aromatic heterocycles. The molecule has 3 heteroatoms. The Balaban J connectivity index is 2.10. The van der Waals surface area contributed by atoms with Crippen LogP contribution in [0.4, 0.5) is 11.5 Å². The lowest BCUT2D eigenvalue weighted by Crippen LogP contribution is -2.06. The third kappa shape index (κ3) is 2.75. The van der Waals surface area contributed by atoms with Crippen molar-refractivity contribution in [2.24, 2.45) is 0 Å². The van der Waals surface area contributed by atoms with Gasteiger partial charge in [-0.2, -0.15) is 0 Å². The molecule has 0 atom stereocenters. The molecule has 0 aliphatic carbocycles. The summed E-state index contributed by atoms with van der Waals surface area (Å²) in [6.45, 7) is 2.92. The standard InChI is InChI=1S/C14H17N3/c1-2-11-6-3-4-7-12(11)10-17-14-13(15)8-5-9-16-14/h3-9H,2,10,15H2,1H3,(H,16,17). The minimum Gasteiger partial charge on any atom is -0.396 e. The number of nitrogens with zero attached hydrogens (tertiary/aromatic N) is 1. The fourth-order valence-electron chi connectivity index (χ4n) is 1.82. The van der Waals surface area contributed by atoms with Gasteiger partial charge in [0.15, 0.2) is 0 Å². The SMILES string of the molecule is CCc1ccccc1CNc1ncccc1N. The van der Waals surface area contributed by atoms with E-state index < -0.39 is 0 Å². The molecular formula is C14H17N3. The zero-order valence-corrected chi connectivity index (χ0v) is 9.98. The van der Waals surface area contributed by atoms with Gasteiger partial charge in [-0.05, 0) is 29.7 Å². The van der Waals surface area contributed by atoms with Gasteiger partial charge in [0.1, 0.15) is 5.82 Å². The van der Waals surface area contributed by atoms with Gasteiger partial charge < -0.3 is 11.1 Å². The highest BCUT2D eigenvalue weighted by atomic mass is 15.0. The molecule has 3 N–H and O–H groups in total. The smallest absolute Gasteiger partial charge is 0.149 e. The number of aromatic nitrogens is 1. The van der Waals surface area contributed by atoms with E-state index in [9.17, 15) is 0 Å². The second-order valence-electron chi connectivity index (χ2n) is 3.92. The van der Waals surface area contributed by atoms with Crippen molar-refractivity contribution in [1.82, 2.24) is 4.98 Å². The van der Waals surface area contributed by atoms with Gasteiger partial charge in [0.25, 0.3) is 0 Å². The summed E-state index contributed by atoms with van der Waals surface area (Å²) in [6, 6.07) is 12.1. The summed E-state index contributed by atoms with van der Waals surface area (Å²) >= 11 is 0. The molecule has 2 aromatic rings. The Bertz CT molecular complexity index is 494. The minimum absolute atomic E-state index is 0.682. The molecule has 0 aliphatic heterocycles. The molecule has 0 saturated heterocycles. The summed E-state index contributed by atoms with van der Waals surface area (Å²) in [5, 5.41) is 3.27. The van der Waals surface area contributed by atoms with Crippen LogP contribution in [0.3, 0.4) is 0 Å². The first-order chi connectivity index (χ1) is 8.31. The average molecular weight is 227 g/mol. The van der Waals surface area contributed by atoms with E-state index in [-0.39, 0.29) is 0 Å². The van der Waals surface area contributed by atoms with Crippen LogP contribution in [-0.2, 0) is 13.0 Å². The van der Waals surface area contributed by atoms with E-state index in [1.807, 2.05) is 12.1 Å². The number of aryl methyl sites for hydroxylation is 1. The van der Waals surface area contributed by atoms with Crippen LogP contribution in [0.2, 0.25) is 0 Å². The third-order valence-electron chi connectivity index (χ3n) is 2.78. The molecule has 0 spiro atoms. The molecule has 1 aromatic carbocycles. The fourth-order valence-corrected chi connectivity index (χ4v) is 1.82. The summed E-state index contributed by atoms with van der Waals surface area (Å²) in [4.78, 5) is 4.21. The van der Waals surface area contributed by atoms with Crippen molar-refractivity contribution < 1.29 is 0 Å². The first kappa shape index (κ1) is 11.5. The number of nitrogens with two attached hydrogens (primary N) is 1. The molecule has 0 aliphatic rings. The summed E-state index contributed by atoms with van der Waals surface area (Å²) in [6.07, 6.45) is 2.78. The second kappa shape index (κ2) is 5.34. The van der Waals surface area contributed by atoms with Gasteiger partial charge in [0, 0.05) is 12.7 Å². The number of benzene rings is 1. The molecule has 0 radical (unpaired) electrons. The maximum absolute atomic E-state index is 5.83. The van der Waals surface area contributed by atoms with Crippen LogP contribution in [-0.4, -0.2) is 4.98 Å². The molecule has 0 saturated carbocycles. The number of pyridine rings is 1. The lowest BCUT2D eigenvalue weighted by Gasteiger charge is -2.10. The van der Waals surface area contributed by atoms with E-state index >= 15 is 0 Å². The molecule has 0 unspecified atom stereocenters. The number of nitrogen functional groups attached to an aromatic ring is 1. The van der Waals surface area contributed by atoms with Gasteiger partial charge in [-0.15, -0.1) is 0 Å². The van der Waals surface area contributed by atoms with E-state index in [2.05, 4.69) is 41.5 Å². The Morgan fingerprint density at radius 1 is 1.12 bits per heavy atom. The van der Waals surface area contributed by atoms with E-state index in [1.54, 1.807) is 6.20 Å². The van der Waals surface area contributed by atoms with Crippen molar-refractivity contribution in [3.05, 3.63) is 53.7 Å². The van der Waals surface area contributed by atoms with Crippen molar-refractivity contribution in [2.75, 3.05) is 11.1 Å². The molecule has 17 heavy (non-hydrogen) atoms. The van der Waals surface area contributed by atoms with E-state index in [0.717, 1.165) is 18.8 Å². The van der Waals surface area contributed by atoms with E-state index in [0.29, 0.717) is 5.69 Å². The minimum atomic E-state index is 0.682. The van der Waals surface area contributed by atoms with Gasteiger partial charge in [-0.3, -0.25) is 0 Å². The van der Waals surface area contributed by atoms with Gasteiger partial charge in [-0.1, -0.05) is 31.2 Å². The molecule has 88 valence electrons. The fraction of sp³-hybridized carbons (Fsp3) is 0.214. The van der Waals surface area contributed by atoms with Crippen LogP contribution in [0.15, 0.2) is 42.6 Å². The Labute approximate surface area is 102 Å². The number of nitrogens with one attached hydrogen (secondary N) is 1. The highest BCUT2D eigenvalue weighted by molar-refractivity contribution is 5.60. The van der Waals surface area contributed by atoms with Gasteiger partial charge in [-0.25, -0.2) is 4.98 Å². The van der Waals surface area contributed by atoms with Crippen LogP contribution >= 0.6 is 0 Å². The van der Waals surface area contributed by atoms with Crippen LogP contribution in [0.1, 0.15) is 18.1 Å². The molecule has 3 nitrogen and oxygen atoms in total. The average Bonchev–Trinajstić information content (AvgIpc) is 2.38. The van der Waals surface area contributed by atoms with Gasteiger partial charge in [0.05, 0.1) is 5.69 Å². The zero-order chi connectivity index (χ0) is 12.1. The monoisotopic (exact) mass is 227 g/mol. The van der Waals surface area contributed by atoms with Crippen molar-refractivity contribution in [2.45, 2.75) is 19.9 Å². The molecule has 2 rings (SSSR count). The lowest BCUT2D eigenvalue weighted by molar-refractivity contribution is 1.03. The molecule has 1 heterocycles. The molecule has 0 fully saturated rings. The molecular weight excluding hydrogens is 210 g/mol.